The molecule has 0 aliphatic rings. The summed E-state index contributed by atoms with van der Waals surface area (Å²) in [5, 5.41) is 2.83. The highest BCUT2D eigenvalue weighted by Crippen LogP contribution is 1.97. The van der Waals surface area contributed by atoms with Crippen LogP contribution in [0.1, 0.15) is 40.0 Å². The molecule has 0 rings (SSSR count). The van der Waals surface area contributed by atoms with Crippen molar-refractivity contribution >= 4 is 5.91 Å². The van der Waals surface area contributed by atoms with Crippen molar-refractivity contribution in [2.24, 2.45) is 11.7 Å². The second-order valence-corrected chi connectivity index (χ2v) is 3.80. The first kappa shape index (κ1) is 12.4. The lowest BCUT2D eigenvalue weighted by Gasteiger charge is -2.13. The van der Waals surface area contributed by atoms with Crippen LogP contribution in [0.2, 0.25) is 0 Å². The molecule has 0 unspecified atom stereocenters. The Balaban J connectivity index is 3.46. The van der Waals surface area contributed by atoms with Crippen molar-refractivity contribution < 1.29 is 4.79 Å². The number of carbonyl (C=O) groups is 1. The second-order valence-electron chi connectivity index (χ2n) is 3.80. The van der Waals surface area contributed by atoms with Gasteiger partial charge in [0.1, 0.15) is 0 Å². The minimum Gasteiger partial charge on any atom is -0.354 e. The van der Waals surface area contributed by atoms with E-state index in [1.54, 1.807) is 0 Å². The van der Waals surface area contributed by atoms with Crippen LogP contribution in [0, 0.1) is 5.92 Å². The maximum Gasteiger partial charge on any atom is 0.222 e. The van der Waals surface area contributed by atoms with E-state index in [4.69, 9.17) is 5.73 Å². The van der Waals surface area contributed by atoms with Gasteiger partial charge in [-0.05, 0) is 6.42 Å². The van der Waals surface area contributed by atoms with E-state index in [1.165, 1.54) is 0 Å². The summed E-state index contributed by atoms with van der Waals surface area (Å²) >= 11 is 0. The molecule has 0 aromatic rings. The third kappa shape index (κ3) is 6.58. The average molecular weight is 186 g/mol. The van der Waals surface area contributed by atoms with Gasteiger partial charge < -0.3 is 11.1 Å². The third-order valence-electron chi connectivity index (χ3n) is 1.99. The van der Waals surface area contributed by atoms with Gasteiger partial charge in [-0.15, -0.1) is 0 Å². The van der Waals surface area contributed by atoms with Gasteiger partial charge in [-0.2, -0.15) is 0 Å². The molecule has 3 N–H and O–H groups in total. The first-order valence-electron chi connectivity index (χ1n) is 5.11. The lowest BCUT2D eigenvalue weighted by Crippen LogP contribution is -2.38. The van der Waals surface area contributed by atoms with Crippen molar-refractivity contribution in [3.05, 3.63) is 0 Å². The van der Waals surface area contributed by atoms with E-state index in [1.807, 2.05) is 13.8 Å². The van der Waals surface area contributed by atoms with Gasteiger partial charge in [0.2, 0.25) is 5.91 Å². The van der Waals surface area contributed by atoms with Gasteiger partial charge in [-0.3, -0.25) is 4.79 Å². The molecule has 0 aromatic heterocycles. The normalized spacial score (nSPS) is 13.0. The van der Waals surface area contributed by atoms with Crippen LogP contribution in [-0.4, -0.2) is 18.5 Å². The molecule has 0 heterocycles. The molecular weight excluding hydrogens is 164 g/mol. The largest absolute Gasteiger partial charge is 0.354 e. The van der Waals surface area contributed by atoms with Gasteiger partial charge in [0.25, 0.3) is 0 Å². The SMILES string of the molecule is CCCC[C@@H](N)CNC(=O)C(C)C. The van der Waals surface area contributed by atoms with E-state index in [0.29, 0.717) is 6.54 Å². The molecule has 3 nitrogen and oxygen atoms in total. The van der Waals surface area contributed by atoms with Gasteiger partial charge in [0.15, 0.2) is 0 Å². The summed E-state index contributed by atoms with van der Waals surface area (Å²) in [6, 6.07) is 0.114. The molecule has 0 saturated heterocycles. The fourth-order valence-electron chi connectivity index (χ4n) is 1.00. The maximum atomic E-state index is 11.2. The van der Waals surface area contributed by atoms with Crippen LogP contribution in [0.15, 0.2) is 0 Å². The summed E-state index contributed by atoms with van der Waals surface area (Å²) in [4.78, 5) is 11.2. The lowest BCUT2D eigenvalue weighted by molar-refractivity contribution is -0.124. The van der Waals surface area contributed by atoms with Crippen LogP contribution in [0.4, 0.5) is 0 Å². The molecule has 0 aromatic carbocycles. The monoisotopic (exact) mass is 186 g/mol. The van der Waals surface area contributed by atoms with E-state index in [-0.39, 0.29) is 17.9 Å². The lowest BCUT2D eigenvalue weighted by atomic mass is 10.1. The molecule has 1 atom stereocenters. The van der Waals surface area contributed by atoms with Crippen LogP contribution < -0.4 is 11.1 Å². The second kappa shape index (κ2) is 6.89. The molecule has 0 radical (unpaired) electrons. The Kier molecular flexibility index (Phi) is 6.59. The minimum atomic E-state index is 0.0541. The number of hydrogen-bond acceptors (Lipinski definition) is 2. The Hall–Kier alpha value is -0.570. The third-order valence-corrected chi connectivity index (χ3v) is 1.99. The summed E-state index contributed by atoms with van der Waals surface area (Å²) in [5.74, 6) is 0.144. The fraction of sp³-hybridized carbons (Fsp3) is 0.900. The van der Waals surface area contributed by atoms with E-state index >= 15 is 0 Å². The molecule has 0 fully saturated rings. The van der Waals surface area contributed by atoms with Crippen LogP contribution in [0.25, 0.3) is 0 Å². The van der Waals surface area contributed by atoms with Crippen molar-refractivity contribution in [2.75, 3.05) is 6.54 Å². The van der Waals surface area contributed by atoms with E-state index in [9.17, 15) is 4.79 Å². The molecule has 0 saturated carbocycles. The molecule has 0 spiro atoms. The highest BCUT2D eigenvalue weighted by molar-refractivity contribution is 5.77. The first-order chi connectivity index (χ1) is 6.07. The van der Waals surface area contributed by atoms with Crippen molar-refractivity contribution in [3.8, 4) is 0 Å². The Morgan fingerprint density at radius 3 is 2.54 bits per heavy atom. The van der Waals surface area contributed by atoms with Gasteiger partial charge >= 0.3 is 0 Å². The number of amides is 1. The highest BCUT2D eigenvalue weighted by Gasteiger charge is 2.08. The molecule has 0 aliphatic heterocycles. The summed E-state index contributed by atoms with van der Waals surface area (Å²) in [5.41, 5.74) is 5.79. The number of rotatable bonds is 6. The zero-order valence-corrected chi connectivity index (χ0v) is 8.97. The number of hydrogen-bond donors (Lipinski definition) is 2. The molecular formula is C10H22N2O. The van der Waals surface area contributed by atoms with E-state index < -0.39 is 0 Å². The molecule has 1 amide bonds. The average Bonchev–Trinajstić information content (AvgIpc) is 2.10. The van der Waals surface area contributed by atoms with Crippen LogP contribution in [-0.2, 0) is 4.79 Å². The van der Waals surface area contributed by atoms with Gasteiger partial charge in [-0.25, -0.2) is 0 Å². The smallest absolute Gasteiger partial charge is 0.222 e. The number of unbranched alkanes of at least 4 members (excludes halogenated alkanes) is 1. The molecule has 0 bridgehead atoms. The zero-order chi connectivity index (χ0) is 10.3. The molecule has 3 heteroatoms. The topological polar surface area (TPSA) is 55.1 Å². The van der Waals surface area contributed by atoms with Gasteiger partial charge in [-0.1, -0.05) is 33.6 Å². The summed E-state index contributed by atoms with van der Waals surface area (Å²) in [6.45, 7) is 6.51. The van der Waals surface area contributed by atoms with Crippen molar-refractivity contribution in [2.45, 2.75) is 46.1 Å². The standard InChI is InChI=1S/C10H22N2O/c1-4-5-6-9(11)7-12-10(13)8(2)3/h8-9H,4-7,11H2,1-3H3,(H,12,13)/t9-/m1/s1. The number of nitrogens with one attached hydrogen (secondary N) is 1. The van der Waals surface area contributed by atoms with Gasteiger partial charge in [0, 0.05) is 18.5 Å². The Bertz CT molecular complexity index is 146. The quantitative estimate of drug-likeness (QED) is 0.656. The van der Waals surface area contributed by atoms with Crippen molar-refractivity contribution in [1.29, 1.82) is 0 Å². The minimum absolute atomic E-state index is 0.0541. The predicted octanol–water partition coefficient (Wildman–Crippen LogP) is 1.28. The summed E-state index contributed by atoms with van der Waals surface area (Å²) < 4.78 is 0. The zero-order valence-electron chi connectivity index (χ0n) is 8.97. The van der Waals surface area contributed by atoms with Crippen LogP contribution in [0.3, 0.4) is 0 Å². The van der Waals surface area contributed by atoms with E-state index in [0.717, 1.165) is 19.3 Å². The van der Waals surface area contributed by atoms with Crippen LogP contribution >= 0.6 is 0 Å². The summed E-state index contributed by atoms with van der Waals surface area (Å²) in [7, 11) is 0. The molecule has 78 valence electrons. The maximum absolute atomic E-state index is 11.2. The fourth-order valence-corrected chi connectivity index (χ4v) is 1.00. The van der Waals surface area contributed by atoms with Gasteiger partial charge in [0.05, 0.1) is 0 Å². The highest BCUT2D eigenvalue weighted by atomic mass is 16.1. The Labute approximate surface area is 81.1 Å². The first-order valence-corrected chi connectivity index (χ1v) is 5.11. The van der Waals surface area contributed by atoms with Crippen molar-refractivity contribution in [1.82, 2.24) is 5.32 Å². The Morgan fingerprint density at radius 1 is 1.46 bits per heavy atom. The van der Waals surface area contributed by atoms with Crippen molar-refractivity contribution in [3.63, 3.8) is 0 Å². The summed E-state index contributed by atoms with van der Waals surface area (Å²) in [6.07, 6.45) is 3.29. The van der Waals surface area contributed by atoms with Crippen LogP contribution in [0.5, 0.6) is 0 Å². The number of nitrogens with two attached hydrogens (primary N) is 1. The Morgan fingerprint density at radius 2 is 2.08 bits per heavy atom. The van der Waals surface area contributed by atoms with E-state index in [2.05, 4.69) is 12.2 Å². The molecule has 0 aliphatic carbocycles. The number of carbonyl (C=O) groups excluding carboxylic acids is 1. The molecule has 13 heavy (non-hydrogen) atoms. The predicted molar refractivity (Wildman–Crippen MR) is 55.3 cm³/mol.